The van der Waals surface area contributed by atoms with E-state index in [2.05, 4.69) is 63.9 Å². The molecule has 1 atom stereocenters. The van der Waals surface area contributed by atoms with Gasteiger partial charge in [0, 0.05) is 17.2 Å². The van der Waals surface area contributed by atoms with Crippen LogP contribution in [0.25, 0.3) is 5.57 Å². The number of hydrogen-bond acceptors (Lipinski definition) is 1. The molecule has 0 spiro atoms. The number of halogens is 3. The lowest BCUT2D eigenvalue weighted by molar-refractivity contribution is 0.619. The molecular formula is C33H44ClF2N. The molecule has 0 aliphatic rings. The molecule has 0 saturated heterocycles. The first-order valence-electron chi connectivity index (χ1n) is 13.4. The van der Waals surface area contributed by atoms with E-state index in [9.17, 15) is 4.39 Å². The van der Waals surface area contributed by atoms with E-state index >= 15 is 4.39 Å². The summed E-state index contributed by atoms with van der Waals surface area (Å²) in [7, 11) is 0. The van der Waals surface area contributed by atoms with E-state index < -0.39 is 0 Å². The van der Waals surface area contributed by atoms with Gasteiger partial charge in [-0.15, -0.1) is 0 Å². The molecule has 0 aliphatic heterocycles. The Morgan fingerprint density at radius 3 is 2.24 bits per heavy atom. The lowest BCUT2D eigenvalue weighted by atomic mass is 9.84. The molecule has 0 bridgehead atoms. The second-order valence-corrected chi connectivity index (χ2v) is 9.74. The number of rotatable bonds is 10. The molecule has 0 saturated carbocycles. The van der Waals surface area contributed by atoms with Crippen molar-refractivity contribution >= 4 is 23.4 Å². The van der Waals surface area contributed by atoms with Crippen LogP contribution in [-0.2, 0) is 6.42 Å². The van der Waals surface area contributed by atoms with Crippen LogP contribution in [0.15, 0.2) is 70.6 Å². The van der Waals surface area contributed by atoms with Crippen molar-refractivity contribution in [3.63, 3.8) is 0 Å². The van der Waals surface area contributed by atoms with Gasteiger partial charge in [0.1, 0.15) is 11.6 Å². The zero-order valence-electron chi connectivity index (χ0n) is 23.9. The molecular weight excluding hydrogens is 484 g/mol. The van der Waals surface area contributed by atoms with Crippen LogP contribution in [0.2, 0.25) is 5.02 Å². The molecule has 0 heterocycles. The SMILES string of the molecule is CCCC/C(=C(/C)C(C)c1ccc(C)cc1)c1c(CC)ccc(Cl)c1F.C\C=C(F)/C=N/C(C)=C/CC. The van der Waals surface area contributed by atoms with Gasteiger partial charge in [-0.2, -0.15) is 0 Å². The van der Waals surface area contributed by atoms with E-state index in [1.165, 1.54) is 29.0 Å². The first-order valence-corrected chi connectivity index (χ1v) is 13.7. The Kier molecular flexibility index (Phi) is 15.0. The molecule has 202 valence electrons. The lowest BCUT2D eigenvalue weighted by Crippen LogP contribution is -2.04. The van der Waals surface area contributed by atoms with Crippen LogP contribution in [0.1, 0.15) is 102 Å². The van der Waals surface area contributed by atoms with Crippen molar-refractivity contribution < 1.29 is 8.78 Å². The zero-order valence-corrected chi connectivity index (χ0v) is 24.6. The fourth-order valence-corrected chi connectivity index (χ4v) is 4.19. The highest BCUT2D eigenvalue weighted by atomic mass is 35.5. The van der Waals surface area contributed by atoms with Crippen LogP contribution in [0, 0.1) is 12.7 Å². The smallest absolute Gasteiger partial charge is 0.149 e. The lowest BCUT2D eigenvalue weighted by Gasteiger charge is -2.22. The molecule has 4 heteroatoms. The number of benzene rings is 2. The second-order valence-electron chi connectivity index (χ2n) is 9.33. The molecule has 0 fully saturated rings. The molecule has 0 N–H and O–H groups in total. The largest absolute Gasteiger partial charge is 0.259 e. The Balaban J connectivity index is 0.000000525. The topological polar surface area (TPSA) is 12.4 Å². The number of aryl methyl sites for hydroxylation is 2. The Hall–Kier alpha value is -2.52. The summed E-state index contributed by atoms with van der Waals surface area (Å²) in [6, 6.07) is 12.3. The monoisotopic (exact) mass is 527 g/mol. The number of unbranched alkanes of at least 4 members (excludes halogenated alkanes) is 1. The minimum atomic E-state index is -0.297. The summed E-state index contributed by atoms with van der Waals surface area (Å²) in [5.74, 6) is -0.327. The van der Waals surface area contributed by atoms with Crippen LogP contribution >= 0.6 is 11.6 Å². The molecule has 1 unspecified atom stereocenters. The number of aliphatic imine (C=N–C) groups is 1. The van der Waals surface area contributed by atoms with Gasteiger partial charge in [-0.05, 0) is 76.1 Å². The highest BCUT2D eigenvalue weighted by Crippen LogP contribution is 2.38. The van der Waals surface area contributed by atoms with Crippen molar-refractivity contribution in [3.8, 4) is 0 Å². The van der Waals surface area contributed by atoms with Gasteiger partial charge in [0.25, 0.3) is 0 Å². The van der Waals surface area contributed by atoms with E-state index in [0.717, 1.165) is 54.5 Å². The second kappa shape index (κ2) is 17.1. The van der Waals surface area contributed by atoms with Gasteiger partial charge in [-0.3, -0.25) is 4.99 Å². The molecule has 37 heavy (non-hydrogen) atoms. The van der Waals surface area contributed by atoms with E-state index in [-0.39, 0.29) is 22.6 Å². The number of allylic oxidation sites excluding steroid dienone is 6. The average Bonchev–Trinajstić information content (AvgIpc) is 2.90. The number of nitrogens with zero attached hydrogens (tertiary/aromatic N) is 1. The van der Waals surface area contributed by atoms with Crippen LogP contribution in [0.4, 0.5) is 8.78 Å². The van der Waals surface area contributed by atoms with Crippen LogP contribution in [0.3, 0.4) is 0 Å². The summed E-state index contributed by atoms with van der Waals surface area (Å²) >= 11 is 6.14. The van der Waals surface area contributed by atoms with Gasteiger partial charge in [-0.1, -0.05) is 99.3 Å². The van der Waals surface area contributed by atoms with Crippen molar-refractivity contribution in [1.29, 1.82) is 0 Å². The Bertz CT molecular complexity index is 1110. The third-order valence-corrected chi connectivity index (χ3v) is 6.81. The van der Waals surface area contributed by atoms with Gasteiger partial charge in [0.2, 0.25) is 0 Å². The number of hydrogen-bond donors (Lipinski definition) is 0. The summed E-state index contributed by atoms with van der Waals surface area (Å²) in [6.45, 7) is 16.2. The Morgan fingerprint density at radius 2 is 1.70 bits per heavy atom. The first kappa shape index (κ1) is 32.5. The van der Waals surface area contributed by atoms with Crippen molar-refractivity contribution in [2.75, 3.05) is 0 Å². The fraction of sp³-hybridized carbons (Fsp3) is 0.424. The molecule has 0 radical (unpaired) electrons. The maximum absolute atomic E-state index is 15.0. The average molecular weight is 528 g/mol. The van der Waals surface area contributed by atoms with E-state index in [1.807, 2.05) is 26.0 Å². The first-order chi connectivity index (χ1) is 17.6. The van der Waals surface area contributed by atoms with Crippen LogP contribution in [0.5, 0.6) is 0 Å². The molecule has 0 aromatic heterocycles. The van der Waals surface area contributed by atoms with E-state index in [1.54, 1.807) is 13.0 Å². The van der Waals surface area contributed by atoms with E-state index in [0.29, 0.717) is 0 Å². The molecule has 2 aromatic rings. The highest BCUT2D eigenvalue weighted by Gasteiger charge is 2.20. The standard InChI is InChI=1S/C24H30ClF.C9H14FN/c1-6-8-9-21(23-19(7-2)14-15-22(25)24(23)26)18(5)17(4)20-12-10-16(3)11-13-20;1-4-6-8(3)11-7-9(10)5-2/h10-15,17H,6-9H2,1-5H3;5-7H,4H2,1-3H3/b21-18+;8-6+,9-5+,11-7+. The minimum Gasteiger partial charge on any atom is -0.259 e. The summed E-state index contributed by atoms with van der Waals surface area (Å²) in [4.78, 5) is 3.88. The summed E-state index contributed by atoms with van der Waals surface area (Å²) in [5.41, 5.74) is 7.49. The van der Waals surface area contributed by atoms with Gasteiger partial charge in [0.05, 0.1) is 11.2 Å². The van der Waals surface area contributed by atoms with Gasteiger partial charge in [-0.25, -0.2) is 8.78 Å². The van der Waals surface area contributed by atoms with Crippen LogP contribution < -0.4 is 0 Å². The predicted molar refractivity (Wildman–Crippen MR) is 160 cm³/mol. The maximum atomic E-state index is 15.0. The maximum Gasteiger partial charge on any atom is 0.149 e. The van der Waals surface area contributed by atoms with Crippen molar-refractivity contribution in [1.82, 2.24) is 0 Å². The normalized spacial score (nSPS) is 13.8. The van der Waals surface area contributed by atoms with Gasteiger partial charge >= 0.3 is 0 Å². The molecule has 0 amide bonds. The summed E-state index contributed by atoms with van der Waals surface area (Å²) in [5, 5.41) is 0.210. The molecule has 2 rings (SSSR count). The highest BCUT2D eigenvalue weighted by molar-refractivity contribution is 6.31. The van der Waals surface area contributed by atoms with Crippen LogP contribution in [-0.4, -0.2) is 6.21 Å². The summed E-state index contributed by atoms with van der Waals surface area (Å²) in [6.07, 6.45) is 9.28. The van der Waals surface area contributed by atoms with Gasteiger partial charge in [0.15, 0.2) is 0 Å². The fourth-order valence-electron chi connectivity index (χ4n) is 4.04. The van der Waals surface area contributed by atoms with Crippen molar-refractivity contribution in [3.05, 3.63) is 98.7 Å². The summed E-state index contributed by atoms with van der Waals surface area (Å²) < 4.78 is 27.5. The Morgan fingerprint density at radius 1 is 1.05 bits per heavy atom. The third-order valence-electron chi connectivity index (χ3n) is 6.51. The predicted octanol–water partition coefficient (Wildman–Crippen LogP) is 11.4. The Labute approximate surface area is 229 Å². The molecule has 1 nitrogen and oxygen atoms in total. The van der Waals surface area contributed by atoms with Gasteiger partial charge < -0.3 is 0 Å². The van der Waals surface area contributed by atoms with Crippen molar-refractivity contribution in [2.45, 2.75) is 93.4 Å². The minimum absolute atomic E-state index is 0.210. The van der Waals surface area contributed by atoms with E-state index in [4.69, 9.17) is 11.6 Å². The van der Waals surface area contributed by atoms with Crippen molar-refractivity contribution in [2.24, 2.45) is 4.99 Å². The molecule has 0 aliphatic carbocycles. The zero-order chi connectivity index (χ0) is 28.0. The molecule has 2 aromatic carbocycles. The quantitative estimate of drug-likeness (QED) is 0.272. The third kappa shape index (κ3) is 10.4.